The van der Waals surface area contributed by atoms with E-state index in [4.69, 9.17) is 0 Å². The number of hydrogen-bond donors (Lipinski definition) is 1. The average molecular weight is 305 g/mol. The van der Waals surface area contributed by atoms with Crippen LogP contribution in [0.5, 0.6) is 0 Å². The second kappa shape index (κ2) is 6.47. The number of nitrogens with one attached hydrogen (secondary N) is 1. The predicted molar refractivity (Wildman–Crippen MR) is 79.1 cm³/mol. The van der Waals surface area contributed by atoms with E-state index in [9.17, 15) is 18.0 Å². The van der Waals surface area contributed by atoms with Crippen LogP contribution in [0.15, 0.2) is 60.8 Å². The van der Waals surface area contributed by atoms with E-state index in [1.54, 1.807) is 30.3 Å². The fourth-order valence-electron chi connectivity index (χ4n) is 1.87. The second-order valence-corrected chi connectivity index (χ2v) is 4.76. The van der Waals surface area contributed by atoms with Crippen LogP contribution >= 0.6 is 0 Å². The van der Waals surface area contributed by atoms with E-state index in [-0.39, 0.29) is 5.56 Å². The van der Waals surface area contributed by atoms with Gasteiger partial charge in [-0.25, -0.2) is 0 Å². The first-order chi connectivity index (χ1) is 10.4. The molecule has 0 atom stereocenters. The van der Waals surface area contributed by atoms with E-state index >= 15 is 0 Å². The topological polar surface area (TPSA) is 29.1 Å². The van der Waals surface area contributed by atoms with Gasteiger partial charge in [-0.1, -0.05) is 48.0 Å². The van der Waals surface area contributed by atoms with E-state index in [1.165, 1.54) is 24.3 Å². The third-order valence-corrected chi connectivity index (χ3v) is 3.05. The Morgan fingerprint density at radius 2 is 1.55 bits per heavy atom. The molecule has 0 fully saturated rings. The first-order valence-electron chi connectivity index (χ1n) is 6.58. The molecule has 2 nitrogen and oxygen atoms in total. The van der Waals surface area contributed by atoms with Crippen molar-refractivity contribution < 1.29 is 18.0 Å². The number of amides is 1. The Labute approximate surface area is 126 Å². The molecular weight excluding hydrogens is 291 g/mol. The van der Waals surface area contributed by atoms with Crippen molar-refractivity contribution in [1.29, 1.82) is 0 Å². The molecule has 2 rings (SSSR count). The van der Waals surface area contributed by atoms with Crippen LogP contribution in [-0.2, 0) is 0 Å². The van der Waals surface area contributed by atoms with Crippen LogP contribution in [0.4, 0.5) is 13.2 Å². The van der Waals surface area contributed by atoms with E-state index in [2.05, 4.69) is 5.32 Å². The standard InChI is InChI=1S/C17H14F3NO/c1-12-7-9-14(10-8-12)16(22)21-11-15(17(18,19)20)13-5-3-2-4-6-13/h2-11H,1H3,(H,21,22). The highest BCUT2D eigenvalue weighted by molar-refractivity contribution is 5.95. The number of alkyl halides is 3. The molecule has 0 aliphatic rings. The smallest absolute Gasteiger partial charge is 0.328 e. The Bertz CT molecular complexity index is 673. The minimum absolute atomic E-state index is 0.000735. The molecule has 0 saturated heterocycles. The summed E-state index contributed by atoms with van der Waals surface area (Å²) < 4.78 is 39.3. The Balaban J connectivity index is 2.24. The summed E-state index contributed by atoms with van der Waals surface area (Å²) in [6.45, 7) is 1.86. The molecule has 0 heterocycles. The van der Waals surface area contributed by atoms with Crippen molar-refractivity contribution in [3.05, 3.63) is 77.5 Å². The zero-order valence-corrected chi connectivity index (χ0v) is 11.8. The number of allylic oxidation sites excluding steroid dienone is 1. The third kappa shape index (κ3) is 3.97. The lowest BCUT2D eigenvalue weighted by molar-refractivity contribution is -0.0691. The van der Waals surface area contributed by atoms with Crippen LogP contribution in [0.2, 0.25) is 0 Å². The quantitative estimate of drug-likeness (QED) is 0.898. The molecule has 5 heteroatoms. The lowest BCUT2D eigenvalue weighted by Gasteiger charge is -2.12. The van der Waals surface area contributed by atoms with Crippen LogP contribution in [0.1, 0.15) is 21.5 Å². The van der Waals surface area contributed by atoms with E-state index in [1.807, 2.05) is 6.92 Å². The molecule has 2 aromatic rings. The molecule has 1 amide bonds. The number of aryl methyl sites for hydroxylation is 1. The van der Waals surface area contributed by atoms with Gasteiger partial charge in [0, 0.05) is 11.8 Å². The maximum atomic E-state index is 13.1. The van der Waals surface area contributed by atoms with Gasteiger partial charge < -0.3 is 5.32 Å². The van der Waals surface area contributed by atoms with Gasteiger partial charge in [-0.2, -0.15) is 13.2 Å². The predicted octanol–water partition coefficient (Wildman–Crippen LogP) is 4.33. The molecule has 1 N–H and O–H groups in total. The summed E-state index contributed by atoms with van der Waals surface area (Å²) in [5.41, 5.74) is 0.372. The maximum absolute atomic E-state index is 13.1. The first-order valence-corrected chi connectivity index (χ1v) is 6.58. The number of carbonyl (C=O) groups is 1. The minimum atomic E-state index is -4.55. The van der Waals surface area contributed by atoms with Crippen molar-refractivity contribution in [2.75, 3.05) is 0 Å². The average Bonchev–Trinajstić information content (AvgIpc) is 2.47. The van der Waals surface area contributed by atoms with Crippen molar-refractivity contribution >= 4 is 11.5 Å². The number of hydrogen-bond acceptors (Lipinski definition) is 1. The molecular formula is C17H14F3NO. The molecule has 0 aliphatic carbocycles. The summed E-state index contributed by atoms with van der Waals surface area (Å²) in [6, 6.07) is 13.9. The van der Waals surface area contributed by atoms with Crippen molar-refractivity contribution in [3.8, 4) is 0 Å². The molecule has 22 heavy (non-hydrogen) atoms. The Morgan fingerprint density at radius 1 is 0.955 bits per heavy atom. The van der Waals surface area contributed by atoms with Crippen LogP contribution in [0.3, 0.4) is 0 Å². The summed E-state index contributed by atoms with van der Waals surface area (Å²) in [5, 5.41) is 2.20. The molecule has 0 aliphatic heterocycles. The Morgan fingerprint density at radius 3 is 2.09 bits per heavy atom. The summed E-state index contributed by atoms with van der Waals surface area (Å²) >= 11 is 0. The normalized spacial score (nSPS) is 12.1. The maximum Gasteiger partial charge on any atom is 0.418 e. The first kappa shape index (κ1) is 15.8. The highest BCUT2D eigenvalue weighted by Gasteiger charge is 2.34. The summed E-state index contributed by atoms with van der Waals surface area (Å²) in [7, 11) is 0. The molecule has 0 radical (unpaired) electrons. The molecule has 0 saturated carbocycles. The van der Waals surface area contributed by atoms with Gasteiger partial charge in [0.25, 0.3) is 5.91 Å². The van der Waals surface area contributed by atoms with Crippen LogP contribution < -0.4 is 5.32 Å². The number of benzene rings is 2. The van der Waals surface area contributed by atoms with Crippen molar-refractivity contribution in [2.45, 2.75) is 13.1 Å². The largest absolute Gasteiger partial charge is 0.418 e. The third-order valence-electron chi connectivity index (χ3n) is 3.05. The van der Waals surface area contributed by atoms with Crippen molar-refractivity contribution in [2.24, 2.45) is 0 Å². The SMILES string of the molecule is Cc1ccc(C(=O)NC=C(c2ccccc2)C(F)(F)F)cc1. The molecule has 2 aromatic carbocycles. The van der Waals surface area contributed by atoms with Gasteiger partial charge in [0.05, 0.1) is 5.57 Å². The highest BCUT2D eigenvalue weighted by Crippen LogP contribution is 2.33. The van der Waals surface area contributed by atoms with Crippen LogP contribution in [0, 0.1) is 6.92 Å². The lowest BCUT2D eigenvalue weighted by Crippen LogP contribution is -2.21. The van der Waals surface area contributed by atoms with Crippen molar-refractivity contribution in [1.82, 2.24) is 5.32 Å². The van der Waals surface area contributed by atoms with Crippen LogP contribution in [-0.4, -0.2) is 12.1 Å². The van der Waals surface area contributed by atoms with Gasteiger partial charge in [0.1, 0.15) is 0 Å². The fraction of sp³-hybridized carbons (Fsp3) is 0.118. The van der Waals surface area contributed by atoms with Gasteiger partial charge in [0.15, 0.2) is 0 Å². The highest BCUT2D eigenvalue weighted by atomic mass is 19.4. The number of halogens is 3. The zero-order valence-electron chi connectivity index (χ0n) is 11.8. The van der Waals surface area contributed by atoms with Gasteiger partial charge in [-0.15, -0.1) is 0 Å². The summed E-state index contributed by atoms with van der Waals surface area (Å²) in [6.07, 6.45) is -3.85. The van der Waals surface area contributed by atoms with Gasteiger partial charge in [0.2, 0.25) is 0 Å². The Kier molecular flexibility index (Phi) is 4.65. The minimum Gasteiger partial charge on any atom is -0.328 e. The fourth-order valence-corrected chi connectivity index (χ4v) is 1.87. The monoisotopic (exact) mass is 305 g/mol. The molecule has 0 bridgehead atoms. The molecule has 114 valence electrons. The molecule has 0 aromatic heterocycles. The molecule has 0 unspecified atom stereocenters. The van der Waals surface area contributed by atoms with E-state index < -0.39 is 17.7 Å². The zero-order chi connectivity index (χ0) is 16.2. The van der Waals surface area contributed by atoms with Crippen molar-refractivity contribution in [3.63, 3.8) is 0 Å². The number of carbonyl (C=O) groups excluding carboxylic acids is 1. The summed E-state index contributed by atoms with van der Waals surface area (Å²) in [4.78, 5) is 11.9. The van der Waals surface area contributed by atoms with Gasteiger partial charge >= 0.3 is 6.18 Å². The van der Waals surface area contributed by atoms with Gasteiger partial charge in [-0.3, -0.25) is 4.79 Å². The molecule has 0 spiro atoms. The summed E-state index contributed by atoms with van der Waals surface area (Å²) in [5.74, 6) is -0.585. The Hall–Kier alpha value is -2.56. The lowest BCUT2D eigenvalue weighted by atomic mass is 10.1. The number of rotatable bonds is 3. The second-order valence-electron chi connectivity index (χ2n) is 4.76. The van der Waals surface area contributed by atoms with Crippen LogP contribution in [0.25, 0.3) is 5.57 Å². The van der Waals surface area contributed by atoms with E-state index in [0.29, 0.717) is 11.8 Å². The van der Waals surface area contributed by atoms with Gasteiger partial charge in [-0.05, 0) is 24.6 Å². The van der Waals surface area contributed by atoms with E-state index in [0.717, 1.165) is 5.56 Å².